The van der Waals surface area contributed by atoms with Crippen molar-refractivity contribution >= 4 is 28.3 Å². The number of aromatic nitrogens is 2. The van der Waals surface area contributed by atoms with Crippen molar-refractivity contribution in [2.24, 2.45) is 5.92 Å². The molecule has 152 valence electrons. The smallest absolute Gasteiger partial charge is 0.410 e. The Morgan fingerprint density at radius 1 is 1.24 bits per heavy atom. The number of nitrogens with zero attached hydrogens (tertiary/aromatic N) is 3. The molecule has 4 rings (SSSR count). The van der Waals surface area contributed by atoms with Gasteiger partial charge in [0.05, 0.1) is 17.8 Å². The molecule has 6 nitrogen and oxygen atoms in total. The minimum Gasteiger partial charge on any atom is -0.491 e. The molecular weight excluding hydrogens is 386 g/mol. The summed E-state index contributed by atoms with van der Waals surface area (Å²) in [5.74, 6) is 1.40. The SMILES string of the molecule is Cc1ccc2cccc(OCCC3CCN(C(=O)OCc4cscn4)CC3)c2n1. The molecule has 1 amide bonds. The van der Waals surface area contributed by atoms with E-state index in [1.54, 1.807) is 10.4 Å². The lowest BCUT2D eigenvalue weighted by atomic mass is 9.94. The summed E-state index contributed by atoms with van der Waals surface area (Å²) in [7, 11) is 0. The predicted molar refractivity (Wildman–Crippen MR) is 113 cm³/mol. The van der Waals surface area contributed by atoms with Crippen LogP contribution in [0.5, 0.6) is 5.75 Å². The molecule has 1 fully saturated rings. The van der Waals surface area contributed by atoms with E-state index < -0.39 is 0 Å². The van der Waals surface area contributed by atoms with Gasteiger partial charge in [-0.1, -0.05) is 18.2 Å². The maximum atomic E-state index is 12.2. The summed E-state index contributed by atoms with van der Waals surface area (Å²) >= 11 is 1.50. The number of aryl methyl sites for hydroxylation is 1. The van der Waals surface area contributed by atoms with Crippen molar-refractivity contribution in [2.75, 3.05) is 19.7 Å². The highest BCUT2D eigenvalue weighted by atomic mass is 32.1. The summed E-state index contributed by atoms with van der Waals surface area (Å²) < 4.78 is 11.4. The summed E-state index contributed by atoms with van der Waals surface area (Å²) in [4.78, 5) is 22.7. The number of thiazole rings is 1. The molecule has 0 N–H and O–H groups in total. The molecule has 3 aromatic rings. The van der Waals surface area contributed by atoms with Crippen LogP contribution in [0.2, 0.25) is 0 Å². The summed E-state index contributed by atoms with van der Waals surface area (Å²) in [6.07, 6.45) is 2.68. The van der Waals surface area contributed by atoms with Crippen LogP contribution < -0.4 is 4.74 Å². The van der Waals surface area contributed by atoms with Gasteiger partial charge in [-0.25, -0.2) is 14.8 Å². The lowest BCUT2D eigenvalue weighted by Gasteiger charge is -2.31. The largest absolute Gasteiger partial charge is 0.491 e. The van der Waals surface area contributed by atoms with Gasteiger partial charge < -0.3 is 14.4 Å². The second-order valence-electron chi connectivity index (χ2n) is 7.38. The molecule has 0 spiro atoms. The van der Waals surface area contributed by atoms with Crippen LogP contribution in [0.3, 0.4) is 0 Å². The first-order valence-electron chi connectivity index (χ1n) is 9.97. The molecule has 2 aromatic heterocycles. The lowest BCUT2D eigenvalue weighted by Crippen LogP contribution is -2.39. The van der Waals surface area contributed by atoms with Crippen LogP contribution in [0.15, 0.2) is 41.2 Å². The van der Waals surface area contributed by atoms with E-state index in [0.29, 0.717) is 12.5 Å². The molecule has 0 radical (unpaired) electrons. The summed E-state index contributed by atoms with van der Waals surface area (Å²) in [6.45, 7) is 4.36. The van der Waals surface area contributed by atoms with Crippen LogP contribution in [0.4, 0.5) is 4.79 Å². The van der Waals surface area contributed by atoms with E-state index in [0.717, 1.165) is 60.4 Å². The fraction of sp³-hybridized carbons (Fsp3) is 0.409. The number of ether oxygens (including phenoxy) is 2. The Kier molecular flexibility index (Phi) is 6.24. The number of hydrogen-bond acceptors (Lipinski definition) is 6. The first-order valence-corrected chi connectivity index (χ1v) is 10.9. The monoisotopic (exact) mass is 411 g/mol. The number of benzene rings is 1. The predicted octanol–water partition coefficient (Wildman–Crippen LogP) is 4.82. The van der Waals surface area contributed by atoms with E-state index in [9.17, 15) is 4.79 Å². The van der Waals surface area contributed by atoms with Gasteiger partial charge in [0.2, 0.25) is 0 Å². The second-order valence-corrected chi connectivity index (χ2v) is 8.10. The van der Waals surface area contributed by atoms with Gasteiger partial charge in [-0.15, -0.1) is 11.3 Å². The van der Waals surface area contributed by atoms with Crippen LogP contribution in [0.1, 0.15) is 30.7 Å². The molecule has 3 heterocycles. The van der Waals surface area contributed by atoms with Crippen molar-refractivity contribution in [3.05, 3.63) is 52.6 Å². The highest BCUT2D eigenvalue weighted by Gasteiger charge is 2.24. The Morgan fingerprint density at radius 2 is 2.10 bits per heavy atom. The minimum absolute atomic E-state index is 0.245. The number of fused-ring (bicyclic) bond motifs is 1. The van der Waals surface area contributed by atoms with Gasteiger partial charge in [0.15, 0.2) is 0 Å². The Hall–Kier alpha value is -2.67. The Balaban J connectivity index is 1.21. The van der Waals surface area contributed by atoms with Gasteiger partial charge in [0.1, 0.15) is 17.9 Å². The van der Waals surface area contributed by atoms with Crippen LogP contribution in [-0.4, -0.2) is 40.7 Å². The van der Waals surface area contributed by atoms with Crippen LogP contribution in [0.25, 0.3) is 10.9 Å². The Bertz CT molecular complexity index is 953. The second kappa shape index (κ2) is 9.22. The van der Waals surface area contributed by atoms with Crippen molar-refractivity contribution in [3.63, 3.8) is 0 Å². The van der Waals surface area contributed by atoms with E-state index in [2.05, 4.69) is 22.1 Å². The van der Waals surface area contributed by atoms with Gasteiger partial charge in [-0.05, 0) is 44.2 Å². The molecule has 1 aliphatic rings. The quantitative estimate of drug-likeness (QED) is 0.582. The zero-order valence-corrected chi connectivity index (χ0v) is 17.4. The van der Waals surface area contributed by atoms with E-state index in [4.69, 9.17) is 9.47 Å². The molecule has 0 bridgehead atoms. The number of pyridine rings is 1. The molecule has 0 unspecified atom stereocenters. The van der Waals surface area contributed by atoms with Gasteiger partial charge in [-0.2, -0.15) is 0 Å². The number of hydrogen-bond donors (Lipinski definition) is 0. The van der Waals surface area contributed by atoms with Crippen molar-refractivity contribution in [1.29, 1.82) is 0 Å². The standard InChI is InChI=1S/C22H25N3O3S/c1-16-5-6-18-3-2-4-20(21(18)24-16)27-12-9-17-7-10-25(11-8-17)22(26)28-13-19-14-29-15-23-19/h2-6,14-15,17H,7-13H2,1H3. The molecule has 0 atom stereocenters. The lowest BCUT2D eigenvalue weighted by molar-refractivity contribution is 0.0792. The third kappa shape index (κ3) is 5.03. The van der Waals surface area contributed by atoms with Gasteiger partial charge in [-0.3, -0.25) is 0 Å². The fourth-order valence-corrected chi connectivity index (χ4v) is 4.15. The minimum atomic E-state index is -0.245. The number of amides is 1. The van der Waals surface area contributed by atoms with E-state index in [-0.39, 0.29) is 12.7 Å². The average molecular weight is 412 g/mol. The molecule has 7 heteroatoms. The molecule has 0 aliphatic carbocycles. The topological polar surface area (TPSA) is 64.5 Å². The number of rotatable bonds is 6. The fourth-order valence-electron chi connectivity index (χ4n) is 3.61. The van der Waals surface area contributed by atoms with Gasteiger partial charge in [0, 0.05) is 29.5 Å². The highest BCUT2D eigenvalue weighted by Crippen LogP contribution is 2.26. The van der Waals surface area contributed by atoms with Crippen molar-refractivity contribution in [1.82, 2.24) is 14.9 Å². The zero-order valence-electron chi connectivity index (χ0n) is 16.5. The Labute approximate surface area is 174 Å². The van der Waals surface area contributed by atoms with E-state index >= 15 is 0 Å². The molecule has 0 saturated carbocycles. The maximum absolute atomic E-state index is 12.2. The highest BCUT2D eigenvalue weighted by molar-refractivity contribution is 7.07. The maximum Gasteiger partial charge on any atom is 0.410 e. The summed E-state index contributed by atoms with van der Waals surface area (Å²) in [5.41, 5.74) is 4.45. The third-order valence-electron chi connectivity index (χ3n) is 5.31. The Morgan fingerprint density at radius 3 is 2.90 bits per heavy atom. The molecular formula is C22H25N3O3S. The molecule has 29 heavy (non-hydrogen) atoms. The molecule has 1 saturated heterocycles. The van der Waals surface area contributed by atoms with Crippen molar-refractivity contribution in [2.45, 2.75) is 32.8 Å². The van der Waals surface area contributed by atoms with Gasteiger partial charge >= 0.3 is 6.09 Å². The summed E-state index contributed by atoms with van der Waals surface area (Å²) in [6, 6.07) is 10.1. The zero-order chi connectivity index (χ0) is 20.1. The number of likely N-dealkylation sites (tertiary alicyclic amines) is 1. The van der Waals surface area contributed by atoms with Crippen LogP contribution in [-0.2, 0) is 11.3 Å². The normalized spacial score (nSPS) is 14.9. The van der Waals surface area contributed by atoms with Crippen molar-refractivity contribution < 1.29 is 14.3 Å². The molecule has 1 aliphatic heterocycles. The van der Waals surface area contributed by atoms with Crippen molar-refractivity contribution in [3.8, 4) is 5.75 Å². The third-order valence-corrected chi connectivity index (χ3v) is 5.94. The van der Waals surface area contributed by atoms with Crippen LogP contribution >= 0.6 is 11.3 Å². The molecule has 1 aromatic carbocycles. The number of carbonyl (C=O) groups excluding carboxylic acids is 1. The van der Waals surface area contributed by atoms with E-state index in [1.165, 1.54) is 11.3 Å². The van der Waals surface area contributed by atoms with E-state index in [1.807, 2.05) is 30.5 Å². The number of para-hydroxylation sites is 1. The number of carbonyl (C=O) groups is 1. The first kappa shape index (κ1) is 19.6. The average Bonchev–Trinajstić information content (AvgIpc) is 3.26. The number of piperidine rings is 1. The van der Waals surface area contributed by atoms with Gasteiger partial charge in [0.25, 0.3) is 0 Å². The van der Waals surface area contributed by atoms with Crippen LogP contribution in [0, 0.1) is 12.8 Å². The first-order chi connectivity index (χ1) is 14.2. The summed E-state index contributed by atoms with van der Waals surface area (Å²) in [5, 5.41) is 2.99.